The van der Waals surface area contributed by atoms with Gasteiger partial charge >= 0.3 is 0 Å². The van der Waals surface area contributed by atoms with Crippen LogP contribution in [0.15, 0.2) is 96.7 Å². The summed E-state index contributed by atoms with van der Waals surface area (Å²) in [6.07, 6.45) is 4.44. The lowest BCUT2D eigenvalue weighted by molar-refractivity contribution is 0.102. The summed E-state index contributed by atoms with van der Waals surface area (Å²) in [4.78, 5) is 12.6. The van der Waals surface area contributed by atoms with Gasteiger partial charge in [-0.15, -0.1) is 0 Å². The number of carbonyl (C=O) groups excluding carboxylic acids is 1. The lowest BCUT2D eigenvalue weighted by Gasteiger charge is -2.18. The molecule has 2 N–H and O–H groups in total. The second-order valence-corrected chi connectivity index (χ2v) is 6.93. The van der Waals surface area contributed by atoms with Gasteiger partial charge in [-0.25, -0.2) is 0 Å². The van der Waals surface area contributed by atoms with Gasteiger partial charge in [-0.3, -0.25) is 9.80 Å². The molecule has 5 nitrogen and oxygen atoms in total. The minimum Gasteiger partial charge on any atom is -0.383 e. The largest absolute Gasteiger partial charge is 0.383 e. The average molecular weight is 413 g/mol. The number of hydrogen-bond acceptors (Lipinski definition) is 4. The van der Waals surface area contributed by atoms with Gasteiger partial charge in [-0.2, -0.15) is 5.10 Å². The van der Waals surface area contributed by atoms with Gasteiger partial charge in [0.05, 0.1) is 6.54 Å². The van der Waals surface area contributed by atoms with Gasteiger partial charge in [0.2, 0.25) is 0 Å². The Balaban J connectivity index is 1.79. The quantitative estimate of drug-likeness (QED) is 0.324. The van der Waals surface area contributed by atoms with E-state index in [0.29, 0.717) is 18.7 Å². The SMILES string of the molecule is C=CN(CCNc1cc(NC(=O)c2ccccc2)ccc1-c1ccccc1)/N=C\CC. The van der Waals surface area contributed by atoms with Gasteiger partial charge in [0.1, 0.15) is 0 Å². The van der Waals surface area contributed by atoms with Gasteiger partial charge in [0.15, 0.2) is 0 Å². The van der Waals surface area contributed by atoms with Gasteiger partial charge in [-0.05, 0) is 36.2 Å². The molecule has 0 aromatic heterocycles. The summed E-state index contributed by atoms with van der Waals surface area (Å²) < 4.78 is 0. The van der Waals surface area contributed by atoms with Crippen LogP contribution in [0.2, 0.25) is 0 Å². The van der Waals surface area contributed by atoms with E-state index in [9.17, 15) is 4.79 Å². The first-order valence-electron chi connectivity index (χ1n) is 10.4. The van der Waals surface area contributed by atoms with Gasteiger partial charge in [0, 0.05) is 41.5 Å². The van der Waals surface area contributed by atoms with E-state index in [-0.39, 0.29) is 5.91 Å². The van der Waals surface area contributed by atoms with Crippen LogP contribution in [0, 0.1) is 0 Å². The van der Waals surface area contributed by atoms with Crippen LogP contribution in [-0.2, 0) is 0 Å². The fraction of sp³-hybridized carbons (Fsp3) is 0.154. The summed E-state index contributed by atoms with van der Waals surface area (Å²) in [6.45, 7) is 7.21. The molecular weight excluding hydrogens is 384 g/mol. The van der Waals surface area contributed by atoms with Crippen molar-refractivity contribution < 1.29 is 4.79 Å². The van der Waals surface area contributed by atoms with Crippen molar-refractivity contribution in [3.63, 3.8) is 0 Å². The molecule has 0 atom stereocenters. The first kappa shape index (κ1) is 21.8. The summed E-state index contributed by atoms with van der Waals surface area (Å²) >= 11 is 0. The first-order valence-corrected chi connectivity index (χ1v) is 10.4. The van der Waals surface area contributed by atoms with E-state index < -0.39 is 0 Å². The zero-order valence-corrected chi connectivity index (χ0v) is 17.8. The number of benzene rings is 3. The van der Waals surface area contributed by atoms with Crippen LogP contribution < -0.4 is 10.6 Å². The minimum atomic E-state index is -0.134. The molecule has 5 heteroatoms. The molecule has 31 heavy (non-hydrogen) atoms. The number of amides is 1. The molecule has 0 bridgehead atoms. The third-order valence-electron chi connectivity index (χ3n) is 4.68. The molecule has 0 unspecified atom stereocenters. The van der Waals surface area contributed by atoms with E-state index in [1.54, 1.807) is 23.3 Å². The Morgan fingerprint density at radius 2 is 1.74 bits per heavy atom. The van der Waals surface area contributed by atoms with E-state index in [0.717, 1.165) is 28.9 Å². The maximum atomic E-state index is 12.6. The number of carbonyl (C=O) groups is 1. The molecule has 0 aliphatic carbocycles. The predicted octanol–water partition coefficient (Wildman–Crippen LogP) is 5.86. The number of nitrogens with one attached hydrogen (secondary N) is 2. The number of hydrazone groups is 1. The maximum Gasteiger partial charge on any atom is 0.255 e. The second kappa shape index (κ2) is 11.4. The van der Waals surface area contributed by atoms with Crippen LogP contribution >= 0.6 is 0 Å². The number of nitrogens with zero attached hydrogens (tertiary/aromatic N) is 2. The number of rotatable bonds is 10. The third kappa shape index (κ3) is 6.31. The topological polar surface area (TPSA) is 56.7 Å². The molecule has 0 aliphatic rings. The summed E-state index contributed by atoms with van der Waals surface area (Å²) in [6, 6.07) is 25.3. The fourth-order valence-corrected chi connectivity index (χ4v) is 3.12. The van der Waals surface area contributed by atoms with Crippen molar-refractivity contribution in [2.45, 2.75) is 13.3 Å². The van der Waals surface area contributed by atoms with E-state index in [1.165, 1.54) is 0 Å². The normalized spacial score (nSPS) is 10.6. The lowest BCUT2D eigenvalue weighted by atomic mass is 10.0. The van der Waals surface area contributed by atoms with Crippen molar-refractivity contribution in [1.29, 1.82) is 0 Å². The Bertz CT molecular complexity index is 1020. The summed E-state index contributed by atoms with van der Waals surface area (Å²) in [5.74, 6) is -0.134. The molecule has 3 rings (SSSR count). The highest BCUT2D eigenvalue weighted by Crippen LogP contribution is 2.30. The van der Waals surface area contributed by atoms with Gasteiger partial charge < -0.3 is 10.6 Å². The molecular formula is C26H28N4O. The third-order valence-corrected chi connectivity index (χ3v) is 4.68. The fourth-order valence-electron chi connectivity index (χ4n) is 3.12. The molecule has 0 spiro atoms. The van der Waals surface area contributed by atoms with Crippen LogP contribution in [0.3, 0.4) is 0 Å². The average Bonchev–Trinajstić information content (AvgIpc) is 2.82. The van der Waals surface area contributed by atoms with E-state index in [1.807, 2.05) is 67.7 Å². The van der Waals surface area contributed by atoms with Crippen LogP contribution in [0.25, 0.3) is 11.1 Å². The van der Waals surface area contributed by atoms with Crippen LogP contribution in [-0.4, -0.2) is 30.2 Å². The number of anilines is 2. The highest BCUT2D eigenvalue weighted by Gasteiger charge is 2.10. The Hall–Kier alpha value is -3.86. The van der Waals surface area contributed by atoms with Crippen molar-refractivity contribution in [2.75, 3.05) is 23.7 Å². The molecule has 1 amide bonds. The molecule has 3 aromatic carbocycles. The van der Waals surface area contributed by atoms with Crippen LogP contribution in [0.4, 0.5) is 11.4 Å². The molecule has 0 fully saturated rings. The van der Waals surface area contributed by atoms with Crippen molar-refractivity contribution in [3.8, 4) is 11.1 Å². The number of hydrogen-bond donors (Lipinski definition) is 2. The highest BCUT2D eigenvalue weighted by molar-refractivity contribution is 6.04. The Kier molecular flexibility index (Phi) is 8.00. The Labute approximate surface area is 184 Å². The smallest absolute Gasteiger partial charge is 0.255 e. The molecule has 3 aromatic rings. The van der Waals surface area contributed by atoms with Crippen molar-refractivity contribution in [3.05, 3.63) is 97.2 Å². The zero-order chi connectivity index (χ0) is 21.9. The van der Waals surface area contributed by atoms with Crippen LogP contribution in [0.1, 0.15) is 23.7 Å². The zero-order valence-electron chi connectivity index (χ0n) is 17.8. The molecule has 0 saturated carbocycles. The van der Waals surface area contributed by atoms with E-state index >= 15 is 0 Å². The molecule has 0 saturated heterocycles. The molecule has 0 radical (unpaired) electrons. The standard InChI is InChI=1S/C26H28N4O/c1-3-17-28-30(4-2)19-18-27-25-20-23(29-26(31)22-13-9-6-10-14-22)15-16-24(25)21-11-7-5-8-12-21/h4-17,20,27H,2-3,18-19H2,1H3,(H,29,31)/b28-17-. The molecule has 158 valence electrons. The predicted molar refractivity (Wildman–Crippen MR) is 130 cm³/mol. The van der Waals surface area contributed by atoms with E-state index in [4.69, 9.17) is 0 Å². The summed E-state index contributed by atoms with van der Waals surface area (Å²) in [5.41, 5.74) is 4.48. The van der Waals surface area contributed by atoms with Crippen molar-refractivity contribution >= 4 is 23.5 Å². The minimum absolute atomic E-state index is 0.134. The Morgan fingerprint density at radius 3 is 2.42 bits per heavy atom. The monoisotopic (exact) mass is 412 g/mol. The maximum absolute atomic E-state index is 12.6. The summed E-state index contributed by atoms with van der Waals surface area (Å²) in [5, 5.41) is 12.6. The summed E-state index contributed by atoms with van der Waals surface area (Å²) in [7, 11) is 0. The first-order chi connectivity index (χ1) is 15.2. The second-order valence-electron chi connectivity index (χ2n) is 6.93. The Morgan fingerprint density at radius 1 is 1.03 bits per heavy atom. The highest BCUT2D eigenvalue weighted by atomic mass is 16.1. The van der Waals surface area contributed by atoms with Crippen LogP contribution in [0.5, 0.6) is 0 Å². The van der Waals surface area contributed by atoms with Gasteiger partial charge in [0.25, 0.3) is 5.91 Å². The van der Waals surface area contributed by atoms with Gasteiger partial charge in [-0.1, -0.05) is 68.1 Å². The van der Waals surface area contributed by atoms with Crippen molar-refractivity contribution in [2.24, 2.45) is 5.10 Å². The lowest BCUT2D eigenvalue weighted by Crippen LogP contribution is -2.20. The molecule has 0 aliphatic heterocycles. The van der Waals surface area contributed by atoms with Crippen molar-refractivity contribution in [1.82, 2.24) is 5.01 Å². The molecule has 0 heterocycles. The van der Waals surface area contributed by atoms with E-state index in [2.05, 4.69) is 34.4 Å².